The molecular weight excluding hydrogens is 476 g/mol. The third-order valence-electron chi connectivity index (χ3n) is 10.4. The molecule has 5 fully saturated rings. The first-order valence-electron chi connectivity index (χ1n) is 16.3. The van der Waals surface area contributed by atoms with Crippen molar-refractivity contribution in [1.29, 1.82) is 0 Å². The zero-order valence-electron chi connectivity index (χ0n) is 23.9. The highest BCUT2D eigenvalue weighted by Crippen LogP contribution is 2.38. The molecule has 0 spiro atoms. The summed E-state index contributed by atoms with van der Waals surface area (Å²) in [5.41, 5.74) is 0. The number of amides is 2. The molecule has 1 saturated heterocycles. The molecule has 1 heterocycles. The molecule has 4 saturated carbocycles. The van der Waals surface area contributed by atoms with E-state index in [2.05, 4.69) is 11.8 Å². The highest BCUT2D eigenvalue weighted by molar-refractivity contribution is 6.07. The summed E-state index contributed by atoms with van der Waals surface area (Å²) >= 11 is 0. The molecule has 4 aliphatic carbocycles. The monoisotopic (exact) mass is 528 g/mol. The topological polar surface area (TPSA) is 59.1 Å². The van der Waals surface area contributed by atoms with Gasteiger partial charge in [-0.3, -0.25) is 9.69 Å². The maximum atomic E-state index is 13.1. The van der Waals surface area contributed by atoms with Gasteiger partial charge in [-0.25, -0.2) is 9.69 Å². The third kappa shape index (κ3) is 7.02. The van der Waals surface area contributed by atoms with Gasteiger partial charge in [0.2, 0.25) is 0 Å². The Hall–Kier alpha value is -1.40. The molecule has 6 heteroatoms. The van der Waals surface area contributed by atoms with E-state index in [-0.39, 0.29) is 11.7 Å². The number of cyclic esters (lactones) is 1. The van der Waals surface area contributed by atoms with Gasteiger partial charge in [0.15, 0.2) is 5.76 Å². The highest BCUT2D eigenvalue weighted by Gasteiger charge is 2.39. The summed E-state index contributed by atoms with van der Waals surface area (Å²) in [7, 11) is 0. The number of hydrogen-bond acceptors (Lipinski definition) is 5. The van der Waals surface area contributed by atoms with Crippen molar-refractivity contribution in [3.05, 3.63) is 11.8 Å². The van der Waals surface area contributed by atoms with Crippen LogP contribution in [-0.2, 0) is 14.3 Å². The molecule has 0 aromatic carbocycles. The van der Waals surface area contributed by atoms with E-state index in [0.717, 1.165) is 63.6 Å². The Morgan fingerprint density at radius 1 is 0.789 bits per heavy atom. The van der Waals surface area contributed by atoms with Crippen molar-refractivity contribution in [2.75, 3.05) is 13.2 Å². The van der Waals surface area contributed by atoms with Crippen LogP contribution in [0.1, 0.15) is 129 Å². The maximum absolute atomic E-state index is 13.1. The first-order chi connectivity index (χ1) is 18.6. The van der Waals surface area contributed by atoms with Gasteiger partial charge in [0.05, 0.1) is 6.10 Å². The lowest BCUT2D eigenvalue weighted by molar-refractivity contribution is -0.123. The van der Waals surface area contributed by atoms with E-state index in [4.69, 9.17) is 9.47 Å². The van der Waals surface area contributed by atoms with Crippen molar-refractivity contribution < 1.29 is 19.1 Å². The molecule has 0 bridgehead atoms. The fraction of sp³-hybridized carbons (Fsp3) is 0.875. The number of rotatable bonds is 9. The molecule has 5 rings (SSSR count). The van der Waals surface area contributed by atoms with E-state index >= 15 is 0 Å². The van der Waals surface area contributed by atoms with E-state index in [1.54, 1.807) is 0 Å². The van der Waals surface area contributed by atoms with E-state index in [1.807, 2.05) is 6.08 Å². The van der Waals surface area contributed by atoms with Gasteiger partial charge >= 0.3 is 6.09 Å². The van der Waals surface area contributed by atoms with Crippen LogP contribution in [0.2, 0.25) is 0 Å². The van der Waals surface area contributed by atoms with Gasteiger partial charge in [-0.2, -0.15) is 0 Å². The van der Waals surface area contributed by atoms with Crippen LogP contribution in [0.25, 0.3) is 0 Å². The van der Waals surface area contributed by atoms with Gasteiger partial charge in [0.1, 0.15) is 0 Å². The third-order valence-corrected chi connectivity index (χ3v) is 10.4. The van der Waals surface area contributed by atoms with Gasteiger partial charge in [-0.15, -0.1) is 0 Å². The second-order valence-corrected chi connectivity index (χ2v) is 12.8. The summed E-state index contributed by atoms with van der Waals surface area (Å²) in [5, 5.41) is 0. The number of carbonyl (C=O) groups excluding carboxylic acids is 2. The van der Waals surface area contributed by atoms with Gasteiger partial charge < -0.3 is 9.47 Å². The van der Waals surface area contributed by atoms with Crippen LogP contribution in [-0.4, -0.2) is 59.2 Å². The predicted molar refractivity (Wildman–Crippen MR) is 150 cm³/mol. The molecule has 5 aliphatic rings. The standard InChI is InChI=1S/C32H52N2O4/c1-2-37-29-19-15-24(16-20-29)21-22-33-31(35)30(38-32(33)36)23-25-13-17-28(18-14-25)34(26-9-5-3-6-10-26)27-11-7-4-8-12-27/h23-29H,2-22H2,1H3/b30-23+. The molecule has 0 aromatic heterocycles. The number of ether oxygens (including phenoxy) is 2. The minimum atomic E-state index is -0.473. The minimum absolute atomic E-state index is 0.217. The summed E-state index contributed by atoms with van der Waals surface area (Å²) in [4.78, 5) is 30.0. The van der Waals surface area contributed by atoms with Crippen molar-refractivity contribution in [2.45, 2.75) is 153 Å². The molecule has 6 nitrogen and oxygen atoms in total. The molecule has 2 amide bonds. The average molecular weight is 529 g/mol. The van der Waals surface area contributed by atoms with Crippen LogP contribution in [0.5, 0.6) is 0 Å². The first kappa shape index (κ1) is 28.1. The SMILES string of the molecule is CCOC1CCC(CCN2C(=O)O/C(=C/C3CCC(N(C4CCCCC4)C4CCCCC4)CC3)C2=O)CC1. The van der Waals surface area contributed by atoms with Crippen molar-refractivity contribution in [1.82, 2.24) is 9.80 Å². The normalized spacial score (nSPS) is 33.3. The van der Waals surface area contributed by atoms with Gasteiger partial charge in [0.25, 0.3) is 5.91 Å². The summed E-state index contributed by atoms with van der Waals surface area (Å²) in [6.45, 7) is 3.31. The van der Waals surface area contributed by atoms with Crippen molar-refractivity contribution in [2.24, 2.45) is 11.8 Å². The second-order valence-electron chi connectivity index (χ2n) is 12.8. The minimum Gasteiger partial charge on any atom is -0.404 e. The Morgan fingerprint density at radius 3 is 1.95 bits per heavy atom. The van der Waals surface area contributed by atoms with Crippen LogP contribution in [0, 0.1) is 11.8 Å². The Balaban J connectivity index is 1.12. The summed E-state index contributed by atoms with van der Waals surface area (Å²) < 4.78 is 11.3. The van der Waals surface area contributed by atoms with E-state index in [0.29, 0.717) is 30.5 Å². The first-order valence-corrected chi connectivity index (χ1v) is 16.3. The lowest BCUT2D eigenvalue weighted by atomic mass is 9.80. The fourth-order valence-corrected chi connectivity index (χ4v) is 8.27. The van der Waals surface area contributed by atoms with E-state index in [1.165, 1.54) is 81.9 Å². The molecular formula is C32H52N2O4. The van der Waals surface area contributed by atoms with Crippen LogP contribution < -0.4 is 0 Å². The molecule has 214 valence electrons. The van der Waals surface area contributed by atoms with Gasteiger partial charge in [0, 0.05) is 31.3 Å². The summed E-state index contributed by atoms with van der Waals surface area (Å²) in [5.74, 6) is 0.972. The molecule has 0 N–H and O–H groups in total. The number of imide groups is 1. The zero-order valence-corrected chi connectivity index (χ0v) is 23.9. The molecule has 0 atom stereocenters. The van der Waals surface area contributed by atoms with Crippen molar-refractivity contribution >= 4 is 12.0 Å². The number of carbonyl (C=O) groups is 2. The Morgan fingerprint density at radius 2 is 1.37 bits per heavy atom. The Kier molecular flexibility index (Phi) is 10.2. The molecule has 1 aliphatic heterocycles. The van der Waals surface area contributed by atoms with Crippen LogP contribution in [0.3, 0.4) is 0 Å². The lowest BCUT2D eigenvalue weighted by Gasteiger charge is -2.48. The summed E-state index contributed by atoms with van der Waals surface area (Å²) in [6.07, 6.45) is 25.7. The Bertz CT molecular complexity index is 782. The fourth-order valence-electron chi connectivity index (χ4n) is 8.27. The lowest BCUT2D eigenvalue weighted by Crippen LogP contribution is -2.51. The molecule has 0 unspecified atom stereocenters. The molecule has 0 aromatic rings. The molecule has 38 heavy (non-hydrogen) atoms. The summed E-state index contributed by atoms with van der Waals surface area (Å²) in [6, 6.07) is 2.26. The van der Waals surface area contributed by atoms with Gasteiger partial charge in [-0.1, -0.05) is 38.5 Å². The van der Waals surface area contributed by atoms with Crippen LogP contribution in [0.4, 0.5) is 4.79 Å². The zero-order chi connectivity index (χ0) is 26.3. The Labute approximate surface area is 230 Å². The quantitative estimate of drug-likeness (QED) is 0.293. The van der Waals surface area contributed by atoms with Crippen molar-refractivity contribution in [3.63, 3.8) is 0 Å². The van der Waals surface area contributed by atoms with E-state index < -0.39 is 6.09 Å². The second kappa shape index (κ2) is 13.8. The maximum Gasteiger partial charge on any atom is 0.422 e. The smallest absolute Gasteiger partial charge is 0.404 e. The van der Waals surface area contributed by atoms with E-state index in [9.17, 15) is 9.59 Å². The average Bonchev–Trinajstić information content (AvgIpc) is 3.22. The van der Waals surface area contributed by atoms with Gasteiger partial charge in [-0.05, 0) is 108 Å². The number of hydrogen-bond donors (Lipinski definition) is 0. The van der Waals surface area contributed by atoms with Crippen molar-refractivity contribution in [3.8, 4) is 0 Å². The molecule has 0 radical (unpaired) electrons. The number of allylic oxidation sites excluding steroid dienone is 1. The largest absolute Gasteiger partial charge is 0.422 e. The van der Waals surface area contributed by atoms with Crippen LogP contribution >= 0.6 is 0 Å². The van der Waals surface area contributed by atoms with Crippen LogP contribution in [0.15, 0.2) is 11.8 Å². The number of nitrogens with zero attached hydrogens (tertiary/aromatic N) is 2. The predicted octanol–water partition coefficient (Wildman–Crippen LogP) is 7.36. The highest BCUT2D eigenvalue weighted by atomic mass is 16.6.